The van der Waals surface area contributed by atoms with Gasteiger partial charge in [-0.2, -0.15) is 0 Å². The molecule has 3 heterocycles. The smallest absolute Gasteiger partial charge is 0.267 e. The summed E-state index contributed by atoms with van der Waals surface area (Å²) in [7, 11) is 0. The van der Waals surface area contributed by atoms with Crippen molar-refractivity contribution in [1.29, 1.82) is 5.41 Å². The van der Waals surface area contributed by atoms with E-state index in [0.29, 0.717) is 16.3 Å². The van der Waals surface area contributed by atoms with E-state index in [1.54, 1.807) is 47.2 Å². The average molecular weight is 420 g/mol. The van der Waals surface area contributed by atoms with Crippen LogP contribution >= 0.6 is 11.6 Å². The largest absolute Gasteiger partial charge is 0.348 e. The number of pyridine rings is 2. The molecular weight excluding hydrogens is 402 g/mol. The fourth-order valence-electron chi connectivity index (χ4n) is 3.25. The first-order chi connectivity index (χ1) is 14.5. The Labute approximate surface area is 176 Å². The molecule has 0 unspecified atom stereocenters. The van der Waals surface area contributed by atoms with Crippen LogP contribution in [-0.2, 0) is 6.54 Å². The van der Waals surface area contributed by atoms with Crippen LogP contribution in [0.2, 0.25) is 5.02 Å². The van der Waals surface area contributed by atoms with E-state index in [-0.39, 0.29) is 35.1 Å². The third kappa shape index (κ3) is 3.51. The van der Waals surface area contributed by atoms with E-state index in [9.17, 15) is 9.59 Å². The number of halogens is 1. The fraction of sp³-hybridized carbons (Fsp3) is 0.0909. The Hall–Kier alpha value is -3.71. The molecule has 0 aliphatic carbocycles. The quantitative estimate of drug-likeness (QED) is 0.385. The van der Waals surface area contributed by atoms with E-state index in [0.717, 1.165) is 5.56 Å². The molecule has 0 aliphatic rings. The summed E-state index contributed by atoms with van der Waals surface area (Å²) in [6, 6.07) is 13.8. The number of rotatable bonds is 5. The Morgan fingerprint density at radius 1 is 1.23 bits per heavy atom. The highest BCUT2D eigenvalue weighted by Crippen LogP contribution is 2.14. The average Bonchev–Trinajstić information content (AvgIpc) is 2.75. The van der Waals surface area contributed by atoms with Crippen molar-refractivity contribution < 1.29 is 4.79 Å². The number of benzene rings is 1. The van der Waals surface area contributed by atoms with Crippen LogP contribution in [0.5, 0.6) is 0 Å². The summed E-state index contributed by atoms with van der Waals surface area (Å²) < 4.78 is 2.99. The molecular formula is C22H18ClN5O2. The minimum Gasteiger partial charge on any atom is -0.348 e. The minimum absolute atomic E-state index is 0.0359. The highest BCUT2D eigenvalue weighted by molar-refractivity contribution is 6.30. The lowest BCUT2D eigenvalue weighted by atomic mass is 10.1. The molecule has 1 aromatic carbocycles. The van der Waals surface area contributed by atoms with E-state index < -0.39 is 5.91 Å². The number of amides is 1. The normalized spacial score (nSPS) is 11.0. The van der Waals surface area contributed by atoms with Gasteiger partial charge in [-0.25, -0.2) is 4.98 Å². The topological polar surface area (TPSA) is 92.2 Å². The molecule has 0 saturated carbocycles. The first kappa shape index (κ1) is 19.6. The second-order valence-electron chi connectivity index (χ2n) is 6.70. The van der Waals surface area contributed by atoms with Gasteiger partial charge in [0.25, 0.3) is 11.5 Å². The Bertz CT molecular complexity index is 1400. The molecule has 0 aliphatic heterocycles. The van der Waals surface area contributed by atoms with Crippen molar-refractivity contribution >= 4 is 34.2 Å². The summed E-state index contributed by atoms with van der Waals surface area (Å²) >= 11 is 5.98. The molecule has 0 spiro atoms. The number of hydrogen-bond acceptors (Lipinski definition) is 4. The molecule has 0 atom stereocenters. The van der Waals surface area contributed by atoms with Gasteiger partial charge in [-0.05, 0) is 35.9 Å². The maximum atomic E-state index is 13.1. The zero-order valence-corrected chi connectivity index (χ0v) is 16.7. The van der Waals surface area contributed by atoms with Crippen molar-refractivity contribution in [2.24, 2.45) is 0 Å². The molecule has 3 aromatic heterocycles. The minimum atomic E-state index is -0.454. The van der Waals surface area contributed by atoms with Crippen molar-refractivity contribution in [1.82, 2.24) is 19.3 Å². The van der Waals surface area contributed by atoms with Gasteiger partial charge in [0.1, 0.15) is 16.8 Å². The Kier molecular flexibility index (Phi) is 5.20. The molecule has 0 saturated heterocycles. The number of aromatic nitrogens is 3. The number of hydrogen-bond donors (Lipinski definition) is 2. The van der Waals surface area contributed by atoms with Crippen LogP contribution < -0.4 is 16.4 Å². The molecule has 0 bridgehead atoms. The maximum Gasteiger partial charge on any atom is 0.267 e. The van der Waals surface area contributed by atoms with Crippen LogP contribution in [0.3, 0.4) is 0 Å². The van der Waals surface area contributed by atoms with E-state index >= 15 is 0 Å². The third-order valence-electron chi connectivity index (χ3n) is 4.72. The molecule has 0 fully saturated rings. The molecule has 150 valence electrons. The lowest BCUT2D eigenvalue weighted by Crippen LogP contribution is -2.35. The van der Waals surface area contributed by atoms with Gasteiger partial charge in [0.2, 0.25) is 0 Å². The molecule has 1 amide bonds. The summed E-state index contributed by atoms with van der Waals surface area (Å²) in [5.41, 5.74) is 1.41. The highest BCUT2D eigenvalue weighted by Gasteiger charge is 2.17. The lowest BCUT2D eigenvalue weighted by Gasteiger charge is -2.15. The van der Waals surface area contributed by atoms with Crippen molar-refractivity contribution in [3.63, 3.8) is 0 Å². The SMILES string of the molecule is C=CCNC(=O)c1cc2c(=O)n3ccccc3nc2n(Cc2ccc(Cl)cc2)c1=N. The standard InChI is InChI=1S/C22H18ClN5O2/c1-2-10-25-21(29)16-12-17-20(26-18-5-3-4-11-27(18)22(17)30)28(19(16)24)13-14-6-8-15(23)9-7-14/h2-9,11-12,24H,1,10,13H2,(H,25,29). The zero-order valence-electron chi connectivity index (χ0n) is 15.9. The summed E-state index contributed by atoms with van der Waals surface area (Å²) in [6.07, 6.45) is 3.17. The van der Waals surface area contributed by atoms with Gasteiger partial charge in [-0.3, -0.25) is 19.4 Å². The van der Waals surface area contributed by atoms with E-state index in [1.807, 2.05) is 12.1 Å². The number of nitrogens with one attached hydrogen (secondary N) is 2. The fourth-order valence-corrected chi connectivity index (χ4v) is 3.37. The summed E-state index contributed by atoms with van der Waals surface area (Å²) in [6.45, 7) is 4.09. The molecule has 30 heavy (non-hydrogen) atoms. The van der Waals surface area contributed by atoms with E-state index in [4.69, 9.17) is 17.0 Å². The Balaban J connectivity index is 2.02. The summed E-state index contributed by atoms with van der Waals surface area (Å²) in [5, 5.41) is 12.2. The van der Waals surface area contributed by atoms with Gasteiger partial charge in [-0.1, -0.05) is 35.9 Å². The molecule has 8 heteroatoms. The van der Waals surface area contributed by atoms with Crippen molar-refractivity contribution in [3.8, 4) is 0 Å². The predicted molar refractivity (Wildman–Crippen MR) is 116 cm³/mol. The second kappa shape index (κ2) is 7.96. The van der Waals surface area contributed by atoms with Gasteiger partial charge in [-0.15, -0.1) is 6.58 Å². The van der Waals surface area contributed by atoms with Gasteiger partial charge in [0.05, 0.1) is 17.5 Å². The monoisotopic (exact) mass is 419 g/mol. The molecule has 0 radical (unpaired) electrons. The highest BCUT2D eigenvalue weighted by atomic mass is 35.5. The molecule has 7 nitrogen and oxygen atoms in total. The summed E-state index contributed by atoms with van der Waals surface area (Å²) in [5.74, 6) is -0.454. The summed E-state index contributed by atoms with van der Waals surface area (Å²) in [4.78, 5) is 30.4. The van der Waals surface area contributed by atoms with Gasteiger partial charge in [0.15, 0.2) is 0 Å². The van der Waals surface area contributed by atoms with Crippen LogP contribution in [0, 0.1) is 5.41 Å². The van der Waals surface area contributed by atoms with Crippen LogP contribution in [0.4, 0.5) is 0 Å². The van der Waals surface area contributed by atoms with Gasteiger partial charge in [0, 0.05) is 17.8 Å². The van der Waals surface area contributed by atoms with Gasteiger partial charge >= 0.3 is 0 Å². The molecule has 4 rings (SSSR count). The number of fused-ring (bicyclic) bond motifs is 2. The van der Waals surface area contributed by atoms with Crippen LogP contribution in [0.1, 0.15) is 15.9 Å². The number of carbonyl (C=O) groups is 1. The number of carbonyl (C=O) groups excluding carboxylic acids is 1. The predicted octanol–water partition coefficient (Wildman–Crippen LogP) is 2.75. The second-order valence-corrected chi connectivity index (χ2v) is 7.14. The third-order valence-corrected chi connectivity index (χ3v) is 4.98. The Morgan fingerprint density at radius 2 is 2.00 bits per heavy atom. The number of nitrogens with zero attached hydrogens (tertiary/aromatic N) is 3. The lowest BCUT2D eigenvalue weighted by molar-refractivity contribution is 0.0955. The maximum absolute atomic E-state index is 13.1. The Morgan fingerprint density at radius 3 is 2.73 bits per heavy atom. The van der Waals surface area contributed by atoms with E-state index in [2.05, 4.69) is 16.9 Å². The van der Waals surface area contributed by atoms with Crippen LogP contribution in [0.15, 0.2) is 72.2 Å². The van der Waals surface area contributed by atoms with Crippen LogP contribution in [0.25, 0.3) is 16.7 Å². The van der Waals surface area contributed by atoms with Crippen molar-refractivity contribution in [2.75, 3.05) is 6.54 Å². The molecule has 4 aromatic rings. The van der Waals surface area contributed by atoms with Gasteiger partial charge < -0.3 is 9.88 Å². The van der Waals surface area contributed by atoms with Crippen LogP contribution in [-0.4, -0.2) is 26.4 Å². The van der Waals surface area contributed by atoms with E-state index in [1.165, 1.54) is 10.5 Å². The zero-order chi connectivity index (χ0) is 21.3. The first-order valence-corrected chi connectivity index (χ1v) is 9.60. The van der Waals surface area contributed by atoms with Crippen molar-refractivity contribution in [3.05, 3.63) is 99.4 Å². The molecule has 2 N–H and O–H groups in total. The first-order valence-electron chi connectivity index (χ1n) is 9.22. The van der Waals surface area contributed by atoms with Crippen molar-refractivity contribution in [2.45, 2.75) is 6.54 Å².